The maximum absolute atomic E-state index is 14.9. The molecule has 2 aromatic rings. The molecule has 6 aliphatic heterocycles. The van der Waals surface area contributed by atoms with Gasteiger partial charge >= 0.3 is 11.9 Å². The Morgan fingerprint density at radius 1 is 0.971 bits per heavy atom. The second-order valence-corrected chi connectivity index (χ2v) is 20.9. The van der Waals surface area contributed by atoms with Crippen LogP contribution in [0.25, 0.3) is 10.8 Å². The van der Waals surface area contributed by atoms with E-state index in [4.69, 9.17) is 28.9 Å². The number of hydrogen-bond donors (Lipinski definition) is 4. The average Bonchev–Trinajstić information content (AvgIpc) is 3.80. The van der Waals surface area contributed by atoms with Crippen LogP contribution in [0, 0.1) is 36.5 Å². The maximum Gasteiger partial charge on any atom is 0.410 e. The van der Waals surface area contributed by atoms with Crippen LogP contribution < -0.4 is 20.8 Å². The van der Waals surface area contributed by atoms with Crippen LogP contribution in [-0.2, 0) is 19.0 Å². The molecule has 8 atom stereocenters. The summed E-state index contributed by atoms with van der Waals surface area (Å²) >= 11 is 0. The fourth-order valence-corrected chi connectivity index (χ4v) is 10.8. The molecule has 16 heteroatoms. The molecule has 8 rings (SSSR count). The standard InChI is InChI=1S/C52H74N6O10/c1-28(2)27-57-23-19-52(20-24-57)54-40-37-38-44(60)34(8)47-39(37)48(62)51(9,68-47)66-25-18-36(65-12)32(6)46(67-50(64)58-21-16-35(17-22-58)56(10)11)33(7)43(59)31(5)26-29(3)14-13-15-30(4)49(63)53-42(45(38)61)41(40)55-52/h13-15,18,25,28-29,31-33,35-36,43,46,59-61H,16-17,19-24,26-27H2,1-12H3,(H,53,63)/b14-13+,25-18+,30-15-/t29?,31-,32-,33-,36+,43-,46?,51?/m1/s1. The Labute approximate surface area is 400 Å². The van der Waals surface area contributed by atoms with Crippen LogP contribution in [0.1, 0.15) is 103 Å². The smallest absolute Gasteiger partial charge is 0.410 e. The number of amides is 2. The molecule has 6 aliphatic rings. The van der Waals surface area contributed by atoms with Crippen molar-refractivity contribution in [3.63, 3.8) is 0 Å². The number of methoxy groups -OCH3 is 1. The number of nitrogens with one attached hydrogen (secondary N) is 1. The van der Waals surface area contributed by atoms with Crippen molar-refractivity contribution in [1.82, 2.24) is 14.7 Å². The van der Waals surface area contributed by atoms with Crippen molar-refractivity contribution in [1.29, 1.82) is 0 Å². The van der Waals surface area contributed by atoms with Crippen LogP contribution in [0.4, 0.5) is 10.5 Å². The van der Waals surface area contributed by atoms with Crippen molar-refractivity contribution < 1.29 is 48.7 Å². The molecule has 1 spiro atoms. The molecule has 0 radical (unpaired) electrons. The van der Waals surface area contributed by atoms with Gasteiger partial charge in [0.25, 0.3) is 11.7 Å². The number of ether oxygens (including phenoxy) is 4. The number of aliphatic hydroxyl groups is 1. The van der Waals surface area contributed by atoms with Crippen molar-refractivity contribution in [3.05, 3.63) is 58.0 Å². The van der Waals surface area contributed by atoms with Gasteiger partial charge in [0.2, 0.25) is 0 Å². The van der Waals surface area contributed by atoms with Crippen molar-refractivity contribution in [2.24, 2.45) is 39.6 Å². The van der Waals surface area contributed by atoms with E-state index in [1.165, 1.54) is 20.3 Å². The largest absolute Gasteiger partial charge is 0.507 e. The minimum atomic E-state index is -1.94. The number of piperidine rings is 2. The van der Waals surface area contributed by atoms with Crippen LogP contribution in [0.3, 0.4) is 0 Å². The molecule has 372 valence electrons. The molecule has 3 unspecified atom stereocenters. The monoisotopic (exact) mass is 943 g/mol. The summed E-state index contributed by atoms with van der Waals surface area (Å²) < 4.78 is 25.0. The lowest BCUT2D eigenvalue weighted by Gasteiger charge is -2.39. The highest BCUT2D eigenvalue weighted by Crippen LogP contribution is 2.50. The third-order valence-electron chi connectivity index (χ3n) is 15.0. The molecule has 0 saturated carbocycles. The molecule has 2 saturated heterocycles. The molecule has 0 aromatic heterocycles. The number of anilines is 1. The molecule has 4 N–H and O–H groups in total. The van der Waals surface area contributed by atoms with Crippen LogP contribution in [0.5, 0.6) is 17.2 Å². The minimum absolute atomic E-state index is 0.0110. The first kappa shape index (κ1) is 50.8. The number of hydrogen-bond acceptors (Lipinski definition) is 14. The van der Waals surface area contributed by atoms with Gasteiger partial charge < -0.3 is 54.3 Å². The zero-order valence-corrected chi connectivity index (χ0v) is 42.1. The quantitative estimate of drug-likeness (QED) is 0.242. The van der Waals surface area contributed by atoms with E-state index in [0.29, 0.717) is 49.9 Å². The third-order valence-corrected chi connectivity index (χ3v) is 15.0. The molecule has 2 aromatic carbocycles. The Kier molecular flexibility index (Phi) is 15.1. The molecule has 16 nitrogen and oxygen atoms in total. The topological polar surface area (TPSA) is 195 Å². The molecular formula is C52H74N6O10. The SMILES string of the molecule is CO[C@H]1/C=C/OC2(C)Oc3c(C)c(O)c4c(O)c(c5c(c4c3C2=O)=NC2(CCN(CC(C)C)CC2)N=5)NC(=O)/C(C)=C\C=C\C(C)C[C@@H](C)[C@@H](O)[C@@H](C)C(OC(=O)N2CCC(N(C)C)CC2)[C@@H]1C. The molecule has 68 heavy (non-hydrogen) atoms. The van der Waals surface area contributed by atoms with Crippen molar-refractivity contribution in [2.45, 2.75) is 130 Å². The van der Waals surface area contributed by atoms with Gasteiger partial charge in [0, 0.05) is 94.0 Å². The zero-order chi connectivity index (χ0) is 49.6. The molecule has 2 fully saturated rings. The van der Waals surface area contributed by atoms with Gasteiger partial charge in [-0.3, -0.25) is 19.6 Å². The number of phenols is 2. The molecule has 2 amide bonds. The van der Waals surface area contributed by atoms with Crippen LogP contribution >= 0.6 is 0 Å². The van der Waals surface area contributed by atoms with Gasteiger partial charge in [-0.2, -0.15) is 0 Å². The number of aliphatic hydroxyl groups excluding tert-OH is 1. The zero-order valence-electron chi connectivity index (χ0n) is 42.1. The Balaban J connectivity index is 1.32. The Hall–Kier alpha value is -5.03. The van der Waals surface area contributed by atoms with Gasteiger partial charge in [-0.1, -0.05) is 59.8 Å². The first-order valence-corrected chi connectivity index (χ1v) is 24.4. The van der Waals surface area contributed by atoms with Crippen LogP contribution in [-0.4, -0.2) is 138 Å². The van der Waals surface area contributed by atoms with Gasteiger partial charge in [-0.15, -0.1) is 0 Å². The number of carbonyl (C=O) groups excluding carboxylic acids is 3. The van der Waals surface area contributed by atoms with Gasteiger partial charge in [0.15, 0.2) is 11.4 Å². The molecule has 6 heterocycles. The second-order valence-electron chi connectivity index (χ2n) is 20.9. The van der Waals surface area contributed by atoms with E-state index in [2.05, 4.69) is 29.0 Å². The first-order valence-electron chi connectivity index (χ1n) is 24.4. The lowest BCUT2D eigenvalue weighted by Crippen LogP contribution is -2.49. The molecule has 0 aliphatic carbocycles. The van der Waals surface area contributed by atoms with E-state index >= 15 is 0 Å². The predicted octanol–water partition coefficient (Wildman–Crippen LogP) is 6.38. The minimum Gasteiger partial charge on any atom is -0.507 e. The highest BCUT2D eigenvalue weighted by Gasteiger charge is 2.50. The summed E-state index contributed by atoms with van der Waals surface area (Å²) in [6.45, 7) is 20.3. The highest BCUT2D eigenvalue weighted by atomic mass is 16.7. The lowest BCUT2D eigenvalue weighted by atomic mass is 9.79. The summed E-state index contributed by atoms with van der Waals surface area (Å²) in [6, 6.07) is 0.364. The van der Waals surface area contributed by atoms with E-state index < -0.39 is 65.1 Å². The van der Waals surface area contributed by atoms with Gasteiger partial charge in [-0.25, -0.2) is 4.79 Å². The summed E-state index contributed by atoms with van der Waals surface area (Å²) in [4.78, 5) is 59.5. The van der Waals surface area contributed by atoms with Gasteiger partial charge in [0.05, 0.1) is 34.8 Å². The normalized spacial score (nSPS) is 31.2. The Morgan fingerprint density at radius 2 is 1.63 bits per heavy atom. The number of aromatic hydroxyl groups is 2. The predicted molar refractivity (Wildman–Crippen MR) is 259 cm³/mol. The number of nitrogens with zero attached hydrogens (tertiary/aromatic N) is 5. The maximum atomic E-state index is 14.9. The molecule has 5 bridgehead atoms. The van der Waals surface area contributed by atoms with Crippen molar-refractivity contribution in [2.75, 3.05) is 59.2 Å². The number of benzene rings is 2. The van der Waals surface area contributed by atoms with E-state index in [1.807, 2.05) is 47.9 Å². The van der Waals surface area contributed by atoms with Crippen molar-refractivity contribution in [3.8, 4) is 17.2 Å². The average molecular weight is 943 g/mol. The van der Waals surface area contributed by atoms with E-state index in [-0.39, 0.29) is 61.6 Å². The number of allylic oxidation sites excluding steroid dienone is 3. The van der Waals surface area contributed by atoms with Crippen molar-refractivity contribution >= 4 is 34.2 Å². The highest BCUT2D eigenvalue weighted by molar-refractivity contribution is 6.19. The van der Waals surface area contributed by atoms with Gasteiger partial charge in [-0.05, 0) is 71.0 Å². The van der Waals surface area contributed by atoms with Crippen LogP contribution in [0.15, 0.2) is 46.1 Å². The Bertz CT molecular complexity index is 2490. The summed E-state index contributed by atoms with van der Waals surface area (Å²) in [5.41, 5.74) is -0.382. The Morgan fingerprint density at radius 3 is 2.26 bits per heavy atom. The lowest BCUT2D eigenvalue weighted by molar-refractivity contribution is -0.112. The summed E-state index contributed by atoms with van der Waals surface area (Å²) in [5, 5.41) is 39.6. The number of Topliss-reactive ketones (excluding diaryl/α,β-unsaturated/α-hetero) is 1. The summed E-state index contributed by atoms with van der Waals surface area (Å²) in [7, 11) is 5.62. The van der Waals surface area contributed by atoms with E-state index in [1.54, 1.807) is 37.0 Å². The van der Waals surface area contributed by atoms with Gasteiger partial charge in [0.1, 0.15) is 28.6 Å². The number of rotatable bonds is 5. The summed E-state index contributed by atoms with van der Waals surface area (Å²) in [5.74, 6) is -4.57. The first-order chi connectivity index (χ1) is 32.1. The number of likely N-dealkylation sites (tertiary alicyclic amines) is 2. The van der Waals surface area contributed by atoms with E-state index in [9.17, 15) is 29.7 Å². The number of phenolic OH excluding ortho intramolecular Hbond substituents is 2. The molecular weight excluding hydrogens is 869 g/mol. The fraction of sp³-hybridized carbons (Fsp3) is 0.635. The van der Waals surface area contributed by atoms with Crippen LogP contribution in [0.2, 0.25) is 0 Å². The second kappa shape index (κ2) is 20.1. The number of carbonyl (C=O) groups is 3. The summed E-state index contributed by atoms with van der Waals surface area (Å²) in [6.07, 6.45) is 8.91. The third kappa shape index (κ3) is 9.88. The number of fused-ring (bicyclic) bond motifs is 13. The number of ketones is 1. The van der Waals surface area contributed by atoms with E-state index in [0.717, 1.165) is 32.5 Å². The fourth-order valence-electron chi connectivity index (χ4n) is 10.8.